The second-order valence-electron chi connectivity index (χ2n) is 5.14. The summed E-state index contributed by atoms with van der Waals surface area (Å²) in [5.74, 6) is 1.21. The molecule has 0 aliphatic carbocycles. The van der Waals surface area contributed by atoms with Crippen molar-refractivity contribution in [2.75, 3.05) is 6.54 Å². The number of nitrogens with two attached hydrogens (primary N) is 1. The van der Waals surface area contributed by atoms with E-state index in [9.17, 15) is 4.39 Å². The number of nitrogens with zero attached hydrogens (tertiary/aromatic N) is 2. The first-order chi connectivity index (χ1) is 9.51. The zero-order valence-corrected chi connectivity index (χ0v) is 13.0. The van der Waals surface area contributed by atoms with Gasteiger partial charge in [-0.2, -0.15) is 4.98 Å². The Morgan fingerprint density at radius 1 is 1.40 bits per heavy atom. The van der Waals surface area contributed by atoms with Crippen LogP contribution in [0.4, 0.5) is 4.39 Å². The summed E-state index contributed by atoms with van der Waals surface area (Å²) in [6.07, 6.45) is 0.892. The van der Waals surface area contributed by atoms with E-state index >= 15 is 0 Å². The van der Waals surface area contributed by atoms with Gasteiger partial charge in [0, 0.05) is 16.6 Å². The molecular weight excluding hydrogens is 325 g/mol. The maximum Gasteiger partial charge on any atom is 0.231 e. The fourth-order valence-corrected chi connectivity index (χ4v) is 2.58. The maximum atomic E-state index is 13.1. The molecular formula is C14H17BrFN3O. The first-order valence-corrected chi connectivity index (χ1v) is 7.29. The highest BCUT2D eigenvalue weighted by molar-refractivity contribution is 9.10. The van der Waals surface area contributed by atoms with Crippen LogP contribution < -0.4 is 5.73 Å². The average Bonchev–Trinajstić information content (AvgIpc) is 2.85. The molecule has 0 saturated heterocycles. The van der Waals surface area contributed by atoms with Gasteiger partial charge in [-0.05, 0) is 46.5 Å². The molecule has 0 saturated carbocycles. The van der Waals surface area contributed by atoms with Crippen LogP contribution >= 0.6 is 15.9 Å². The Hall–Kier alpha value is -1.27. The molecule has 0 bridgehead atoms. The predicted molar refractivity (Wildman–Crippen MR) is 78.6 cm³/mol. The highest BCUT2D eigenvalue weighted by Gasteiger charge is 2.20. The molecule has 6 heteroatoms. The van der Waals surface area contributed by atoms with Gasteiger partial charge in [-0.1, -0.05) is 19.0 Å². The summed E-state index contributed by atoms with van der Waals surface area (Å²) in [7, 11) is 0. The van der Waals surface area contributed by atoms with Crippen molar-refractivity contribution in [3.8, 4) is 11.4 Å². The van der Waals surface area contributed by atoms with Gasteiger partial charge in [0.05, 0.1) is 5.92 Å². The minimum Gasteiger partial charge on any atom is -0.339 e. The van der Waals surface area contributed by atoms with E-state index in [2.05, 4.69) is 39.9 Å². The second-order valence-corrected chi connectivity index (χ2v) is 6.00. The third kappa shape index (κ3) is 3.43. The summed E-state index contributed by atoms with van der Waals surface area (Å²) < 4.78 is 19.0. The van der Waals surface area contributed by atoms with Crippen LogP contribution in [0.25, 0.3) is 11.4 Å². The summed E-state index contributed by atoms with van der Waals surface area (Å²) in [5.41, 5.74) is 6.46. The highest BCUT2D eigenvalue weighted by atomic mass is 79.9. The quantitative estimate of drug-likeness (QED) is 0.899. The van der Waals surface area contributed by atoms with Crippen molar-refractivity contribution in [2.24, 2.45) is 11.7 Å². The minimum atomic E-state index is -0.316. The van der Waals surface area contributed by atoms with Crippen molar-refractivity contribution in [3.05, 3.63) is 34.4 Å². The molecule has 1 atom stereocenters. The first kappa shape index (κ1) is 15.1. The van der Waals surface area contributed by atoms with Gasteiger partial charge < -0.3 is 10.3 Å². The molecule has 0 amide bonds. The van der Waals surface area contributed by atoms with Gasteiger partial charge in [-0.15, -0.1) is 0 Å². The molecule has 2 aromatic rings. The van der Waals surface area contributed by atoms with Crippen molar-refractivity contribution >= 4 is 15.9 Å². The molecule has 108 valence electrons. The van der Waals surface area contributed by atoms with E-state index in [4.69, 9.17) is 10.3 Å². The molecule has 0 fully saturated rings. The lowest BCUT2D eigenvalue weighted by molar-refractivity contribution is 0.335. The summed E-state index contributed by atoms with van der Waals surface area (Å²) in [4.78, 5) is 4.38. The first-order valence-electron chi connectivity index (χ1n) is 6.50. The zero-order chi connectivity index (χ0) is 14.7. The molecule has 1 unspecified atom stereocenters. The zero-order valence-electron chi connectivity index (χ0n) is 11.4. The Morgan fingerprint density at radius 3 is 2.75 bits per heavy atom. The average molecular weight is 342 g/mol. The van der Waals surface area contributed by atoms with E-state index in [1.807, 2.05) is 0 Å². The molecule has 0 aliphatic rings. The molecule has 1 aromatic carbocycles. The van der Waals surface area contributed by atoms with Crippen molar-refractivity contribution in [1.29, 1.82) is 0 Å². The lowest BCUT2D eigenvalue weighted by atomic mass is 9.97. The molecule has 2 N–H and O–H groups in total. The van der Waals surface area contributed by atoms with Gasteiger partial charge in [-0.25, -0.2) is 4.39 Å². The van der Waals surface area contributed by atoms with Crippen LogP contribution in [0.1, 0.15) is 32.1 Å². The third-order valence-corrected chi connectivity index (χ3v) is 3.66. The Bertz CT molecular complexity index is 586. The Labute approximate surface area is 125 Å². The molecule has 4 nitrogen and oxygen atoms in total. The number of halogens is 2. The van der Waals surface area contributed by atoms with Crippen LogP contribution in [0.5, 0.6) is 0 Å². The van der Waals surface area contributed by atoms with E-state index in [1.165, 1.54) is 12.1 Å². The highest BCUT2D eigenvalue weighted by Crippen LogP contribution is 2.29. The fraction of sp³-hybridized carbons (Fsp3) is 0.429. The van der Waals surface area contributed by atoms with Crippen LogP contribution in [0.3, 0.4) is 0 Å². The molecule has 1 aromatic heterocycles. The summed E-state index contributed by atoms with van der Waals surface area (Å²) in [6, 6.07) is 4.36. The van der Waals surface area contributed by atoms with Crippen molar-refractivity contribution in [3.63, 3.8) is 0 Å². The van der Waals surface area contributed by atoms with Gasteiger partial charge in [0.2, 0.25) is 11.7 Å². The van der Waals surface area contributed by atoms with Crippen molar-refractivity contribution in [2.45, 2.75) is 26.2 Å². The molecule has 20 heavy (non-hydrogen) atoms. The van der Waals surface area contributed by atoms with Gasteiger partial charge in [0.15, 0.2) is 0 Å². The van der Waals surface area contributed by atoms with E-state index < -0.39 is 0 Å². The van der Waals surface area contributed by atoms with Gasteiger partial charge in [0.25, 0.3) is 0 Å². The van der Waals surface area contributed by atoms with Gasteiger partial charge >= 0.3 is 0 Å². The number of rotatable bonds is 5. The number of hydrogen-bond donors (Lipinski definition) is 1. The summed E-state index contributed by atoms with van der Waals surface area (Å²) in [5, 5.41) is 3.96. The van der Waals surface area contributed by atoms with Crippen LogP contribution in [0.15, 0.2) is 27.2 Å². The normalized spacial score (nSPS) is 12.9. The number of benzene rings is 1. The Kier molecular flexibility index (Phi) is 4.88. The van der Waals surface area contributed by atoms with Crippen LogP contribution in [0, 0.1) is 11.7 Å². The minimum absolute atomic E-state index is 0.0514. The molecule has 0 spiro atoms. The van der Waals surface area contributed by atoms with Crippen LogP contribution in [0.2, 0.25) is 0 Å². The largest absolute Gasteiger partial charge is 0.339 e. The smallest absolute Gasteiger partial charge is 0.231 e. The summed E-state index contributed by atoms with van der Waals surface area (Å²) >= 11 is 3.30. The standard InChI is InChI=1S/C14H17BrFN3O/c1-8(2)5-9(7-17)14-18-13(19-20-14)11-4-3-10(16)6-12(11)15/h3-4,6,8-9H,5,7,17H2,1-2H3. The lowest BCUT2D eigenvalue weighted by Gasteiger charge is -2.11. The molecule has 0 aliphatic heterocycles. The van der Waals surface area contributed by atoms with E-state index in [0.29, 0.717) is 34.2 Å². The molecule has 2 rings (SSSR count). The third-order valence-electron chi connectivity index (χ3n) is 3.00. The number of aromatic nitrogens is 2. The van der Waals surface area contributed by atoms with Gasteiger partial charge in [-0.3, -0.25) is 0 Å². The predicted octanol–water partition coefficient (Wildman–Crippen LogP) is 3.73. The molecule has 1 heterocycles. The fourth-order valence-electron chi connectivity index (χ4n) is 2.05. The SMILES string of the molecule is CC(C)CC(CN)c1nc(-c2ccc(F)cc2Br)no1. The topological polar surface area (TPSA) is 64.9 Å². The van der Waals surface area contributed by atoms with E-state index in [0.717, 1.165) is 6.42 Å². The molecule has 0 radical (unpaired) electrons. The van der Waals surface area contributed by atoms with Crippen LogP contribution in [-0.4, -0.2) is 16.7 Å². The number of hydrogen-bond acceptors (Lipinski definition) is 4. The summed E-state index contributed by atoms with van der Waals surface area (Å²) in [6.45, 7) is 4.71. The Morgan fingerprint density at radius 2 is 2.15 bits per heavy atom. The van der Waals surface area contributed by atoms with Crippen LogP contribution in [-0.2, 0) is 0 Å². The van der Waals surface area contributed by atoms with Crippen molar-refractivity contribution in [1.82, 2.24) is 10.1 Å². The monoisotopic (exact) mass is 341 g/mol. The lowest BCUT2D eigenvalue weighted by Crippen LogP contribution is -2.15. The van der Waals surface area contributed by atoms with Crippen molar-refractivity contribution < 1.29 is 8.91 Å². The van der Waals surface area contributed by atoms with E-state index in [-0.39, 0.29) is 11.7 Å². The Balaban J connectivity index is 2.27. The van der Waals surface area contributed by atoms with Gasteiger partial charge in [0.1, 0.15) is 5.82 Å². The maximum absolute atomic E-state index is 13.1. The van der Waals surface area contributed by atoms with E-state index in [1.54, 1.807) is 6.07 Å². The second kappa shape index (κ2) is 6.45.